The van der Waals surface area contributed by atoms with Crippen molar-refractivity contribution in [2.75, 3.05) is 0 Å². The fourth-order valence-corrected chi connectivity index (χ4v) is 3.90. The van der Waals surface area contributed by atoms with Crippen LogP contribution in [0.15, 0.2) is 0 Å². The fraction of sp³-hybridized carbons (Fsp3) is 0.667. The van der Waals surface area contributed by atoms with Gasteiger partial charge in [0.25, 0.3) is 0 Å². The predicted molar refractivity (Wildman–Crippen MR) is 79.5 cm³/mol. The second-order valence-electron chi connectivity index (χ2n) is 5.93. The highest BCUT2D eigenvalue weighted by atomic mass is 32.1. The van der Waals surface area contributed by atoms with Gasteiger partial charge in [0.1, 0.15) is 16.2 Å². The third-order valence-corrected chi connectivity index (χ3v) is 5.03. The minimum absolute atomic E-state index is 0.788. The van der Waals surface area contributed by atoms with Crippen LogP contribution < -0.4 is 0 Å². The lowest BCUT2D eigenvalue weighted by atomic mass is 9.81. The van der Waals surface area contributed by atoms with Crippen LogP contribution in [-0.4, -0.2) is 15.0 Å². The van der Waals surface area contributed by atoms with Crippen LogP contribution in [0.1, 0.15) is 49.1 Å². The molecule has 1 saturated carbocycles. The van der Waals surface area contributed by atoms with Crippen LogP contribution in [0, 0.1) is 25.7 Å². The SMILES string of the molecule is Cc1nc(C[C@H]2CC[C@H](C)CC2)c2nc(C)sc2n1. The van der Waals surface area contributed by atoms with Crippen LogP contribution in [0.2, 0.25) is 0 Å². The second kappa shape index (κ2) is 5.16. The number of hydrogen-bond acceptors (Lipinski definition) is 4. The first kappa shape index (κ1) is 13.0. The number of hydrogen-bond donors (Lipinski definition) is 0. The second-order valence-corrected chi connectivity index (χ2v) is 7.12. The molecule has 102 valence electrons. The van der Waals surface area contributed by atoms with E-state index in [4.69, 9.17) is 0 Å². The van der Waals surface area contributed by atoms with Crippen molar-refractivity contribution in [2.45, 2.75) is 52.9 Å². The van der Waals surface area contributed by atoms with Crippen molar-refractivity contribution < 1.29 is 0 Å². The van der Waals surface area contributed by atoms with Gasteiger partial charge < -0.3 is 0 Å². The number of aryl methyl sites for hydroxylation is 2. The molecule has 19 heavy (non-hydrogen) atoms. The van der Waals surface area contributed by atoms with Gasteiger partial charge in [-0.15, -0.1) is 0 Å². The molecule has 0 aliphatic heterocycles. The Morgan fingerprint density at radius 2 is 1.79 bits per heavy atom. The molecule has 2 aromatic heterocycles. The van der Waals surface area contributed by atoms with Crippen molar-refractivity contribution in [1.82, 2.24) is 15.0 Å². The maximum absolute atomic E-state index is 4.66. The number of nitrogens with zero attached hydrogens (tertiary/aromatic N) is 3. The highest BCUT2D eigenvalue weighted by Crippen LogP contribution is 2.32. The molecule has 4 heteroatoms. The molecule has 1 fully saturated rings. The zero-order valence-corrected chi connectivity index (χ0v) is 12.8. The summed E-state index contributed by atoms with van der Waals surface area (Å²) in [6.45, 7) is 6.40. The molecule has 1 aliphatic carbocycles. The van der Waals surface area contributed by atoms with Gasteiger partial charge in [0.05, 0.1) is 10.7 Å². The average molecular weight is 275 g/mol. The van der Waals surface area contributed by atoms with E-state index in [0.717, 1.165) is 39.4 Å². The van der Waals surface area contributed by atoms with Crippen molar-refractivity contribution >= 4 is 21.7 Å². The van der Waals surface area contributed by atoms with Crippen LogP contribution >= 0.6 is 11.3 Å². The third-order valence-electron chi connectivity index (χ3n) is 4.17. The van der Waals surface area contributed by atoms with E-state index in [1.54, 1.807) is 11.3 Å². The Hall–Kier alpha value is -1.03. The quantitative estimate of drug-likeness (QED) is 0.829. The van der Waals surface area contributed by atoms with E-state index in [9.17, 15) is 0 Å². The summed E-state index contributed by atoms with van der Waals surface area (Å²) >= 11 is 1.68. The lowest BCUT2D eigenvalue weighted by Gasteiger charge is -2.25. The highest BCUT2D eigenvalue weighted by molar-refractivity contribution is 7.18. The Balaban J connectivity index is 1.87. The van der Waals surface area contributed by atoms with E-state index >= 15 is 0 Å². The molecule has 0 atom stereocenters. The van der Waals surface area contributed by atoms with Gasteiger partial charge in [-0.05, 0) is 44.9 Å². The minimum Gasteiger partial charge on any atom is -0.238 e. The molecule has 2 aromatic rings. The molecule has 2 heterocycles. The summed E-state index contributed by atoms with van der Waals surface area (Å²) in [6, 6.07) is 0. The van der Waals surface area contributed by atoms with Gasteiger partial charge in [0.15, 0.2) is 0 Å². The van der Waals surface area contributed by atoms with E-state index in [1.807, 2.05) is 13.8 Å². The highest BCUT2D eigenvalue weighted by Gasteiger charge is 2.21. The molecule has 0 bridgehead atoms. The summed E-state index contributed by atoms with van der Waals surface area (Å²) in [5.74, 6) is 2.58. The molecule has 0 radical (unpaired) electrons. The fourth-order valence-electron chi connectivity index (χ4n) is 3.05. The van der Waals surface area contributed by atoms with Gasteiger partial charge in [-0.1, -0.05) is 31.1 Å². The zero-order valence-electron chi connectivity index (χ0n) is 11.9. The molecule has 0 saturated heterocycles. The van der Waals surface area contributed by atoms with Gasteiger partial charge >= 0.3 is 0 Å². The monoisotopic (exact) mass is 275 g/mol. The van der Waals surface area contributed by atoms with Gasteiger partial charge in [0, 0.05) is 0 Å². The Labute approximate surface area is 118 Å². The maximum Gasteiger partial charge on any atom is 0.147 e. The molecule has 3 rings (SSSR count). The smallest absolute Gasteiger partial charge is 0.147 e. The van der Waals surface area contributed by atoms with Crippen LogP contribution in [0.25, 0.3) is 10.3 Å². The summed E-state index contributed by atoms with van der Waals surface area (Å²) in [6.07, 6.45) is 6.50. The molecular weight excluding hydrogens is 254 g/mol. The van der Waals surface area contributed by atoms with Crippen molar-refractivity contribution in [3.8, 4) is 0 Å². The van der Waals surface area contributed by atoms with Crippen molar-refractivity contribution in [1.29, 1.82) is 0 Å². The first-order valence-corrected chi connectivity index (χ1v) is 8.04. The van der Waals surface area contributed by atoms with Crippen molar-refractivity contribution in [2.24, 2.45) is 11.8 Å². The number of rotatable bonds is 2. The standard InChI is InChI=1S/C15H21N3S/c1-9-4-6-12(7-5-9)8-13-14-15(17-10(2)16-13)19-11(3)18-14/h9,12H,4-8H2,1-3H3/t9-,12-. The normalized spacial score (nSPS) is 23.9. The third kappa shape index (κ3) is 2.78. The van der Waals surface area contributed by atoms with Gasteiger partial charge in [-0.25, -0.2) is 15.0 Å². The van der Waals surface area contributed by atoms with E-state index in [2.05, 4.69) is 21.9 Å². The summed E-state index contributed by atoms with van der Waals surface area (Å²) in [5.41, 5.74) is 2.22. The van der Waals surface area contributed by atoms with E-state index < -0.39 is 0 Å². The Morgan fingerprint density at radius 1 is 1.05 bits per heavy atom. The molecule has 0 aromatic carbocycles. The zero-order chi connectivity index (χ0) is 13.4. The minimum atomic E-state index is 0.788. The maximum atomic E-state index is 4.66. The van der Waals surface area contributed by atoms with Gasteiger partial charge in [-0.2, -0.15) is 0 Å². The Morgan fingerprint density at radius 3 is 2.53 bits per heavy atom. The first-order valence-electron chi connectivity index (χ1n) is 7.22. The molecule has 0 amide bonds. The summed E-state index contributed by atoms with van der Waals surface area (Å²) in [4.78, 5) is 14.9. The van der Waals surface area contributed by atoms with Gasteiger partial charge in [-0.3, -0.25) is 0 Å². The van der Waals surface area contributed by atoms with Crippen LogP contribution in [-0.2, 0) is 6.42 Å². The van der Waals surface area contributed by atoms with Gasteiger partial charge in [0.2, 0.25) is 0 Å². The Kier molecular flexibility index (Phi) is 3.52. The molecule has 0 N–H and O–H groups in total. The molecule has 0 spiro atoms. The van der Waals surface area contributed by atoms with E-state index in [1.165, 1.54) is 31.4 Å². The van der Waals surface area contributed by atoms with E-state index in [-0.39, 0.29) is 0 Å². The van der Waals surface area contributed by atoms with Crippen molar-refractivity contribution in [3.05, 3.63) is 16.5 Å². The first-order chi connectivity index (χ1) is 9.11. The lowest BCUT2D eigenvalue weighted by molar-refractivity contribution is 0.288. The van der Waals surface area contributed by atoms with Crippen LogP contribution in [0.3, 0.4) is 0 Å². The molecular formula is C15H21N3S. The topological polar surface area (TPSA) is 38.7 Å². The van der Waals surface area contributed by atoms with Crippen LogP contribution in [0.5, 0.6) is 0 Å². The van der Waals surface area contributed by atoms with Crippen molar-refractivity contribution in [3.63, 3.8) is 0 Å². The Bertz CT molecular complexity index is 582. The largest absolute Gasteiger partial charge is 0.238 e. The van der Waals surface area contributed by atoms with E-state index in [0.29, 0.717) is 0 Å². The lowest BCUT2D eigenvalue weighted by Crippen LogP contribution is -2.15. The molecule has 1 aliphatic rings. The molecule has 0 unspecified atom stereocenters. The number of fused-ring (bicyclic) bond motifs is 1. The molecule has 3 nitrogen and oxygen atoms in total. The summed E-state index contributed by atoms with van der Waals surface area (Å²) in [7, 11) is 0. The predicted octanol–water partition coefficient (Wildman–Crippen LogP) is 4.07. The number of thiazole rings is 1. The summed E-state index contributed by atoms with van der Waals surface area (Å²) in [5, 5.41) is 1.09. The average Bonchev–Trinajstić information content (AvgIpc) is 2.72. The summed E-state index contributed by atoms with van der Waals surface area (Å²) < 4.78 is 0. The number of aromatic nitrogens is 3. The van der Waals surface area contributed by atoms with Crippen LogP contribution in [0.4, 0.5) is 0 Å².